The van der Waals surface area contributed by atoms with Crippen LogP contribution in [0.25, 0.3) is 11.1 Å². The molecule has 4 aromatic rings. The Bertz CT molecular complexity index is 1320. The van der Waals surface area contributed by atoms with Gasteiger partial charge in [0.2, 0.25) is 0 Å². The first-order valence-corrected chi connectivity index (χ1v) is 12.7. The Balaban J connectivity index is 1.31. The van der Waals surface area contributed by atoms with Crippen molar-refractivity contribution in [3.05, 3.63) is 113 Å². The minimum atomic E-state index is 0.0935. The van der Waals surface area contributed by atoms with Crippen molar-refractivity contribution < 1.29 is 4.79 Å². The molecular weight excluding hydrogens is 444 g/mol. The minimum Gasteiger partial charge on any atom is -0.354 e. The van der Waals surface area contributed by atoms with Crippen molar-refractivity contribution in [2.45, 2.75) is 26.7 Å². The molecule has 5 heteroatoms. The number of benzene rings is 3. The molecule has 0 bridgehead atoms. The number of aromatic nitrogens is 2. The predicted octanol–water partition coefficient (Wildman–Crippen LogP) is 5.70. The zero-order chi connectivity index (χ0) is 24.9. The van der Waals surface area contributed by atoms with E-state index in [0.717, 1.165) is 66.5 Å². The molecule has 3 aromatic carbocycles. The normalized spacial score (nSPS) is 13.9. The van der Waals surface area contributed by atoms with Crippen LogP contribution in [0.15, 0.2) is 84.9 Å². The molecule has 0 saturated carbocycles. The van der Waals surface area contributed by atoms with Crippen molar-refractivity contribution in [3.8, 4) is 11.1 Å². The maximum absolute atomic E-state index is 13.3. The first-order chi connectivity index (χ1) is 17.6. The molecule has 0 spiro atoms. The molecule has 0 unspecified atom stereocenters. The highest BCUT2D eigenvalue weighted by atomic mass is 16.2. The van der Waals surface area contributed by atoms with E-state index >= 15 is 0 Å². The number of nitrogens with zero attached hydrogens (tertiary/aromatic N) is 4. The smallest absolute Gasteiger partial charge is 0.253 e. The topological polar surface area (TPSA) is 49.3 Å². The average Bonchev–Trinajstić information content (AvgIpc) is 3.17. The molecule has 1 aromatic heterocycles. The molecular formula is C31H32N4O. The number of anilines is 1. The van der Waals surface area contributed by atoms with Gasteiger partial charge in [-0.15, -0.1) is 0 Å². The van der Waals surface area contributed by atoms with E-state index in [0.29, 0.717) is 6.54 Å². The molecule has 5 nitrogen and oxygen atoms in total. The Kier molecular flexibility index (Phi) is 7.08. The predicted molar refractivity (Wildman–Crippen MR) is 145 cm³/mol. The summed E-state index contributed by atoms with van der Waals surface area (Å²) in [5.41, 5.74) is 6.46. The van der Waals surface area contributed by atoms with Gasteiger partial charge in [-0.2, -0.15) is 0 Å². The highest BCUT2D eigenvalue weighted by Gasteiger charge is 2.24. The molecule has 0 radical (unpaired) electrons. The monoisotopic (exact) mass is 476 g/mol. The van der Waals surface area contributed by atoms with Gasteiger partial charge in [0.15, 0.2) is 0 Å². The molecule has 0 aliphatic carbocycles. The zero-order valence-electron chi connectivity index (χ0n) is 21.0. The molecule has 0 atom stereocenters. The van der Waals surface area contributed by atoms with Gasteiger partial charge in [0, 0.05) is 49.4 Å². The summed E-state index contributed by atoms with van der Waals surface area (Å²) < 4.78 is 0. The molecule has 36 heavy (non-hydrogen) atoms. The fourth-order valence-corrected chi connectivity index (χ4v) is 4.94. The van der Waals surface area contributed by atoms with Crippen LogP contribution in [0.3, 0.4) is 0 Å². The molecule has 2 heterocycles. The summed E-state index contributed by atoms with van der Waals surface area (Å²) in [4.78, 5) is 27.2. The van der Waals surface area contributed by atoms with E-state index in [2.05, 4.69) is 53.2 Å². The van der Waals surface area contributed by atoms with Gasteiger partial charge < -0.3 is 9.80 Å². The Morgan fingerprint density at radius 3 is 2.14 bits per heavy atom. The summed E-state index contributed by atoms with van der Waals surface area (Å²) in [6.45, 7) is 7.07. The maximum Gasteiger partial charge on any atom is 0.253 e. The van der Waals surface area contributed by atoms with E-state index in [4.69, 9.17) is 4.98 Å². The van der Waals surface area contributed by atoms with Gasteiger partial charge in [0.05, 0.1) is 0 Å². The molecule has 1 aliphatic heterocycles. The van der Waals surface area contributed by atoms with Crippen molar-refractivity contribution >= 4 is 11.7 Å². The van der Waals surface area contributed by atoms with Crippen molar-refractivity contribution in [3.63, 3.8) is 0 Å². The summed E-state index contributed by atoms with van der Waals surface area (Å²) in [7, 11) is 0. The summed E-state index contributed by atoms with van der Waals surface area (Å²) in [5.74, 6) is 1.89. The summed E-state index contributed by atoms with van der Waals surface area (Å²) in [6, 6.07) is 28.7. The lowest BCUT2D eigenvalue weighted by Crippen LogP contribution is -2.35. The van der Waals surface area contributed by atoms with E-state index in [-0.39, 0.29) is 5.91 Å². The second-order valence-corrected chi connectivity index (χ2v) is 9.40. The van der Waals surface area contributed by atoms with Crippen LogP contribution in [0.4, 0.5) is 5.82 Å². The summed E-state index contributed by atoms with van der Waals surface area (Å²) >= 11 is 0. The number of aryl methyl sites for hydroxylation is 2. The van der Waals surface area contributed by atoms with E-state index in [1.54, 1.807) is 0 Å². The lowest BCUT2D eigenvalue weighted by Gasteiger charge is -2.26. The van der Waals surface area contributed by atoms with Gasteiger partial charge in [-0.25, -0.2) is 9.97 Å². The van der Waals surface area contributed by atoms with E-state index in [1.165, 1.54) is 11.1 Å². The van der Waals surface area contributed by atoms with Gasteiger partial charge in [0.25, 0.3) is 5.91 Å². The van der Waals surface area contributed by atoms with Crippen LogP contribution >= 0.6 is 0 Å². The quantitative estimate of drug-likeness (QED) is 0.371. The lowest BCUT2D eigenvalue weighted by atomic mass is 10.0. The second-order valence-electron chi connectivity index (χ2n) is 9.40. The van der Waals surface area contributed by atoms with Gasteiger partial charge in [-0.05, 0) is 49.1 Å². The average molecular weight is 477 g/mol. The van der Waals surface area contributed by atoms with Crippen LogP contribution in [-0.4, -0.2) is 47.0 Å². The number of carbonyl (C=O) groups is 1. The van der Waals surface area contributed by atoms with E-state index in [1.807, 2.05) is 60.4 Å². The van der Waals surface area contributed by atoms with Crippen LogP contribution in [-0.2, 0) is 6.42 Å². The first-order valence-electron chi connectivity index (χ1n) is 12.7. The minimum absolute atomic E-state index is 0.0935. The second kappa shape index (κ2) is 10.7. The molecule has 182 valence electrons. The highest BCUT2D eigenvalue weighted by Crippen LogP contribution is 2.26. The molecule has 0 N–H and O–H groups in total. The highest BCUT2D eigenvalue weighted by molar-refractivity contribution is 5.94. The largest absolute Gasteiger partial charge is 0.354 e. The Morgan fingerprint density at radius 1 is 0.750 bits per heavy atom. The van der Waals surface area contributed by atoms with Gasteiger partial charge in [-0.3, -0.25) is 4.79 Å². The molecule has 1 aliphatic rings. The SMILES string of the molecule is Cc1nc(C)c(Cc2ccccc2)c(N2CCCN(C(=O)c3ccc(-c4ccccc4)cc3)CC2)n1. The number of carbonyl (C=O) groups excluding carboxylic acids is 1. The number of rotatable bonds is 5. The van der Waals surface area contributed by atoms with Gasteiger partial charge in [0.1, 0.15) is 11.6 Å². The van der Waals surface area contributed by atoms with Crippen LogP contribution in [0.5, 0.6) is 0 Å². The van der Waals surface area contributed by atoms with E-state index in [9.17, 15) is 4.79 Å². The number of amides is 1. The van der Waals surface area contributed by atoms with Gasteiger partial charge in [-0.1, -0.05) is 72.8 Å². The molecule has 1 saturated heterocycles. The van der Waals surface area contributed by atoms with Crippen LogP contribution < -0.4 is 4.90 Å². The molecule has 1 amide bonds. The van der Waals surface area contributed by atoms with Crippen molar-refractivity contribution in [2.75, 3.05) is 31.1 Å². The number of hydrogen-bond donors (Lipinski definition) is 0. The standard InChI is InChI=1S/C31H32N4O/c1-23-29(22-25-10-5-3-6-11-25)30(33-24(2)32-23)34-18-9-19-35(21-20-34)31(36)28-16-14-27(15-17-28)26-12-7-4-8-13-26/h3-8,10-17H,9,18-22H2,1-2H3. The number of hydrogen-bond acceptors (Lipinski definition) is 4. The third-order valence-electron chi connectivity index (χ3n) is 6.85. The van der Waals surface area contributed by atoms with Crippen LogP contribution in [0.1, 0.15) is 39.4 Å². The van der Waals surface area contributed by atoms with Crippen molar-refractivity contribution in [1.82, 2.24) is 14.9 Å². The first kappa shape index (κ1) is 23.7. The fourth-order valence-electron chi connectivity index (χ4n) is 4.94. The lowest BCUT2D eigenvalue weighted by molar-refractivity contribution is 0.0767. The Morgan fingerprint density at radius 2 is 1.42 bits per heavy atom. The fraction of sp³-hybridized carbons (Fsp3) is 0.258. The summed E-state index contributed by atoms with van der Waals surface area (Å²) in [6.07, 6.45) is 1.70. The third kappa shape index (κ3) is 5.30. The Labute approximate surface area is 213 Å². The zero-order valence-corrected chi connectivity index (χ0v) is 21.0. The molecule has 5 rings (SSSR count). The Hall–Kier alpha value is -3.99. The van der Waals surface area contributed by atoms with E-state index < -0.39 is 0 Å². The van der Waals surface area contributed by atoms with Crippen molar-refractivity contribution in [2.24, 2.45) is 0 Å². The maximum atomic E-state index is 13.3. The summed E-state index contributed by atoms with van der Waals surface area (Å²) in [5, 5.41) is 0. The third-order valence-corrected chi connectivity index (χ3v) is 6.85. The van der Waals surface area contributed by atoms with Gasteiger partial charge >= 0.3 is 0 Å². The van der Waals surface area contributed by atoms with Crippen LogP contribution in [0, 0.1) is 13.8 Å². The van der Waals surface area contributed by atoms with Crippen molar-refractivity contribution in [1.29, 1.82) is 0 Å². The van der Waals surface area contributed by atoms with Crippen LogP contribution in [0.2, 0.25) is 0 Å². The molecule has 1 fully saturated rings.